The van der Waals surface area contributed by atoms with Crippen molar-refractivity contribution in [3.63, 3.8) is 0 Å². The number of nitrogens with zero attached hydrogens (tertiary/aromatic N) is 1. The summed E-state index contributed by atoms with van der Waals surface area (Å²) in [4.78, 5) is 2.49. The van der Waals surface area contributed by atoms with Crippen LogP contribution in [0, 0.1) is 11.3 Å². The van der Waals surface area contributed by atoms with Gasteiger partial charge in [0.1, 0.15) is 0 Å². The Balaban J connectivity index is 4.53. The van der Waals surface area contributed by atoms with Crippen molar-refractivity contribution < 1.29 is 0 Å². The SMILES string of the molecule is CC/C=C\C=C/CCC(C)C(C)N(C)C(C=C(C)C)CCC=N. The Labute approximate surface area is 144 Å². The first-order valence-corrected chi connectivity index (χ1v) is 9.11. The van der Waals surface area contributed by atoms with E-state index in [0.29, 0.717) is 18.0 Å². The van der Waals surface area contributed by atoms with Gasteiger partial charge in [0.2, 0.25) is 0 Å². The van der Waals surface area contributed by atoms with Gasteiger partial charge in [0, 0.05) is 12.1 Å². The molecule has 0 aliphatic heterocycles. The van der Waals surface area contributed by atoms with Crippen LogP contribution in [0.15, 0.2) is 36.0 Å². The Kier molecular flexibility index (Phi) is 12.6. The maximum absolute atomic E-state index is 7.29. The molecule has 0 aliphatic rings. The number of likely N-dealkylation sites (N-methyl/N-ethyl adjacent to an activating group) is 1. The van der Waals surface area contributed by atoms with Crippen molar-refractivity contribution in [3.05, 3.63) is 36.0 Å². The van der Waals surface area contributed by atoms with Crippen LogP contribution in [-0.4, -0.2) is 30.2 Å². The second-order valence-electron chi connectivity index (χ2n) is 6.82. The van der Waals surface area contributed by atoms with Crippen molar-refractivity contribution in [3.8, 4) is 0 Å². The van der Waals surface area contributed by atoms with Crippen LogP contribution in [0.4, 0.5) is 0 Å². The Morgan fingerprint density at radius 2 is 1.70 bits per heavy atom. The fourth-order valence-electron chi connectivity index (χ4n) is 2.74. The lowest BCUT2D eigenvalue weighted by atomic mass is 9.94. The summed E-state index contributed by atoms with van der Waals surface area (Å²) in [6.45, 7) is 11.2. The van der Waals surface area contributed by atoms with Crippen molar-refractivity contribution in [2.75, 3.05) is 7.05 Å². The molecule has 0 heterocycles. The molecule has 3 atom stereocenters. The Morgan fingerprint density at radius 1 is 1.04 bits per heavy atom. The molecule has 0 rings (SSSR count). The third-order valence-electron chi connectivity index (χ3n) is 4.53. The molecular formula is C21H38N2. The van der Waals surface area contributed by atoms with E-state index in [2.05, 4.69) is 76.9 Å². The highest BCUT2D eigenvalue weighted by atomic mass is 15.2. The molecule has 0 radical (unpaired) electrons. The molecule has 132 valence electrons. The van der Waals surface area contributed by atoms with Crippen LogP contribution in [0.2, 0.25) is 0 Å². The molecule has 0 bridgehead atoms. The van der Waals surface area contributed by atoms with Crippen LogP contribution >= 0.6 is 0 Å². The number of allylic oxidation sites excluding steroid dienone is 5. The lowest BCUT2D eigenvalue weighted by Gasteiger charge is -2.35. The highest BCUT2D eigenvalue weighted by Crippen LogP contribution is 2.20. The van der Waals surface area contributed by atoms with Gasteiger partial charge in [-0.1, -0.05) is 49.8 Å². The summed E-state index contributed by atoms with van der Waals surface area (Å²) in [7, 11) is 2.23. The van der Waals surface area contributed by atoms with E-state index in [1.165, 1.54) is 18.2 Å². The van der Waals surface area contributed by atoms with Crippen molar-refractivity contribution in [1.82, 2.24) is 4.90 Å². The summed E-state index contributed by atoms with van der Waals surface area (Å²) in [5.41, 5.74) is 1.36. The Morgan fingerprint density at radius 3 is 2.26 bits per heavy atom. The monoisotopic (exact) mass is 318 g/mol. The summed E-state index contributed by atoms with van der Waals surface area (Å²) in [5, 5.41) is 7.29. The molecule has 3 unspecified atom stereocenters. The van der Waals surface area contributed by atoms with Crippen LogP contribution in [0.5, 0.6) is 0 Å². The Bertz CT molecular complexity index is 389. The fraction of sp³-hybridized carbons (Fsp3) is 0.667. The molecule has 2 heteroatoms. The third-order valence-corrected chi connectivity index (χ3v) is 4.53. The smallest absolute Gasteiger partial charge is 0.0283 e. The van der Waals surface area contributed by atoms with Gasteiger partial charge in [-0.3, -0.25) is 4.90 Å². The van der Waals surface area contributed by atoms with Gasteiger partial charge in [-0.2, -0.15) is 0 Å². The third kappa shape index (κ3) is 10.3. The predicted octanol–water partition coefficient (Wildman–Crippen LogP) is 6.01. The standard InChI is InChI=1S/C21H38N2/c1-7-8-9-10-11-12-14-19(4)20(5)23(6)21(15-13-16-22)17-18(2)3/h8-11,16-17,19-22H,7,12-15H2,1-6H3/b9-8-,11-10-,22-16?. The normalized spacial score (nSPS) is 16.0. The lowest BCUT2D eigenvalue weighted by molar-refractivity contribution is 0.156. The number of nitrogens with one attached hydrogen (secondary N) is 1. The molecule has 2 nitrogen and oxygen atoms in total. The van der Waals surface area contributed by atoms with Crippen LogP contribution in [-0.2, 0) is 0 Å². The number of rotatable bonds is 12. The van der Waals surface area contributed by atoms with E-state index >= 15 is 0 Å². The first-order valence-electron chi connectivity index (χ1n) is 9.11. The zero-order valence-electron chi connectivity index (χ0n) is 16.2. The van der Waals surface area contributed by atoms with E-state index in [-0.39, 0.29) is 0 Å². The predicted molar refractivity (Wildman–Crippen MR) is 105 cm³/mol. The zero-order valence-corrected chi connectivity index (χ0v) is 16.2. The first-order chi connectivity index (χ1) is 10.9. The molecule has 0 spiro atoms. The second-order valence-corrected chi connectivity index (χ2v) is 6.82. The molecule has 0 aromatic heterocycles. The van der Waals surface area contributed by atoms with Crippen molar-refractivity contribution in [2.24, 2.45) is 5.92 Å². The van der Waals surface area contributed by atoms with Crippen molar-refractivity contribution >= 4 is 6.21 Å². The molecule has 0 aromatic rings. The van der Waals surface area contributed by atoms with Crippen molar-refractivity contribution in [2.45, 2.75) is 78.8 Å². The highest BCUT2D eigenvalue weighted by Gasteiger charge is 2.21. The Hall–Kier alpha value is -1.15. The van der Waals surface area contributed by atoms with E-state index in [1.54, 1.807) is 0 Å². The lowest BCUT2D eigenvalue weighted by Crippen LogP contribution is -2.41. The maximum atomic E-state index is 7.29. The largest absolute Gasteiger partial charge is 0.313 e. The van der Waals surface area contributed by atoms with Gasteiger partial charge in [0.05, 0.1) is 0 Å². The average molecular weight is 319 g/mol. The van der Waals surface area contributed by atoms with Crippen LogP contribution in [0.3, 0.4) is 0 Å². The highest BCUT2D eigenvalue weighted by molar-refractivity contribution is 5.52. The topological polar surface area (TPSA) is 27.1 Å². The number of hydrogen-bond donors (Lipinski definition) is 1. The van der Waals surface area contributed by atoms with Gasteiger partial charge >= 0.3 is 0 Å². The zero-order chi connectivity index (χ0) is 17.7. The van der Waals surface area contributed by atoms with Crippen LogP contribution in [0.1, 0.15) is 66.7 Å². The first kappa shape index (κ1) is 21.9. The van der Waals surface area contributed by atoms with Crippen molar-refractivity contribution in [1.29, 1.82) is 5.41 Å². The van der Waals surface area contributed by atoms with Gasteiger partial charge in [-0.25, -0.2) is 0 Å². The molecular weight excluding hydrogens is 280 g/mol. The van der Waals surface area contributed by atoms with Gasteiger partial charge in [0.25, 0.3) is 0 Å². The molecule has 0 fully saturated rings. The minimum absolute atomic E-state index is 0.432. The van der Waals surface area contributed by atoms with Crippen LogP contribution in [0.25, 0.3) is 0 Å². The van der Waals surface area contributed by atoms with E-state index in [1.807, 2.05) is 0 Å². The number of hydrogen-bond acceptors (Lipinski definition) is 2. The average Bonchev–Trinajstić information content (AvgIpc) is 2.52. The van der Waals surface area contributed by atoms with E-state index < -0.39 is 0 Å². The molecule has 23 heavy (non-hydrogen) atoms. The minimum Gasteiger partial charge on any atom is -0.313 e. The summed E-state index contributed by atoms with van der Waals surface area (Å²) in [6, 6.07) is 0.975. The molecule has 0 saturated heterocycles. The molecule has 0 aliphatic carbocycles. The van der Waals surface area contributed by atoms with Gasteiger partial charge < -0.3 is 5.41 Å². The molecule has 0 amide bonds. The van der Waals surface area contributed by atoms with Gasteiger partial charge in [0.15, 0.2) is 0 Å². The van der Waals surface area contributed by atoms with E-state index in [9.17, 15) is 0 Å². The maximum Gasteiger partial charge on any atom is 0.0283 e. The molecule has 0 saturated carbocycles. The minimum atomic E-state index is 0.432. The summed E-state index contributed by atoms with van der Waals surface area (Å²) in [6.07, 6.45) is 18.0. The van der Waals surface area contributed by atoms with Crippen LogP contribution < -0.4 is 0 Å². The fourth-order valence-corrected chi connectivity index (χ4v) is 2.74. The quantitative estimate of drug-likeness (QED) is 0.266. The summed E-state index contributed by atoms with van der Waals surface area (Å²) < 4.78 is 0. The summed E-state index contributed by atoms with van der Waals surface area (Å²) in [5.74, 6) is 0.660. The van der Waals surface area contributed by atoms with Gasteiger partial charge in [-0.05, 0) is 72.1 Å². The molecule has 0 aromatic carbocycles. The van der Waals surface area contributed by atoms with Gasteiger partial charge in [-0.15, -0.1) is 0 Å². The van der Waals surface area contributed by atoms with E-state index in [4.69, 9.17) is 5.41 Å². The second kappa shape index (κ2) is 13.3. The molecule has 1 N–H and O–H groups in total. The summed E-state index contributed by atoms with van der Waals surface area (Å²) >= 11 is 0. The van der Waals surface area contributed by atoms with E-state index in [0.717, 1.165) is 25.7 Å².